The van der Waals surface area contributed by atoms with Crippen molar-refractivity contribution in [1.29, 1.82) is 0 Å². The lowest BCUT2D eigenvalue weighted by Gasteiger charge is -2.00. The van der Waals surface area contributed by atoms with E-state index in [9.17, 15) is 9.59 Å². The molecule has 1 amide bonds. The van der Waals surface area contributed by atoms with E-state index < -0.39 is 11.9 Å². The van der Waals surface area contributed by atoms with Gasteiger partial charge in [-0.3, -0.25) is 9.59 Å². The van der Waals surface area contributed by atoms with Gasteiger partial charge in [-0.05, 0) is 13.3 Å². The molecular weight excluding hydrogens is 212 g/mol. The zero-order valence-electron chi connectivity index (χ0n) is 8.77. The number of hydrogen-bond donors (Lipinski definition) is 2. The molecule has 16 heavy (non-hydrogen) atoms. The van der Waals surface area contributed by atoms with Crippen LogP contribution in [-0.2, 0) is 16.1 Å². The van der Waals surface area contributed by atoms with Gasteiger partial charge < -0.3 is 14.9 Å². The fourth-order valence-corrected chi connectivity index (χ4v) is 1.57. The Morgan fingerprint density at radius 2 is 2.38 bits per heavy atom. The second kappa shape index (κ2) is 3.96. The van der Waals surface area contributed by atoms with Crippen molar-refractivity contribution in [2.45, 2.75) is 19.9 Å². The molecular formula is C10H12N2O4. The number of nitrogens with zero attached hydrogens (tertiary/aromatic N) is 1. The summed E-state index contributed by atoms with van der Waals surface area (Å²) in [7, 11) is 0. The maximum absolute atomic E-state index is 11.5. The van der Waals surface area contributed by atoms with Crippen molar-refractivity contribution in [3.63, 3.8) is 0 Å². The summed E-state index contributed by atoms with van der Waals surface area (Å²) in [5.41, 5.74) is 0.637. The van der Waals surface area contributed by atoms with Gasteiger partial charge in [-0.25, -0.2) is 0 Å². The summed E-state index contributed by atoms with van der Waals surface area (Å²) in [5.74, 6) is -1.35. The molecule has 2 N–H and O–H groups in total. The van der Waals surface area contributed by atoms with Crippen LogP contribution < -0.4 is 5.32 Å². The van der Waals surface area contributed by atoms with Crippen LogP contribution in [0, 0.1) is 18.8 Å². The average molecular weight is 224 g/mol. The van der Waals surface area contributed by atoms with E-state index in [1.165, 1.54) is 0 Å². The maximum Gasteiger partial charge on any atom is 0.307 e. The molecule has 1 heterocycles. The molecule has 0 bridgehead atoms. The smallest absolute Gasteiger partial charge is 0.307 e. The molecule has 0 spiro atoms. The number of carbonyl (C=O) groups is 2. The minimum Gasteiger partial charge on any atom is -0.481 e. The number of aromatic nitrogens is 1. The molecule has 1 saturated carbocycles. The molecule has 86 valence electrons. The van der Waals surface area contributed by atoms with Crippen molar-refractivity contribution in [1.82, 2.24) is 10.5 Å². The van der Waals surface area contributed by atoms with Crippen molar-refractivity contribution in [3.05, 3.63) is 17.5 Å². The molecule has 1 aromatic rings. The third kappa shape index (κ3) is 2.21. The second-order valence-electron chi connectivity index (χ2n) is 3.93. The summed E-state index contributed by atoms with van der Waals surface area (Å²) in [6, 6.07) is 1.72. The van der Waals surface area contributed by atoms with E-state index >= 15 is 0 Å². The van der Waals surface area contributed by atoms with Crippen LogP contribution in [0.25, 0.3) is 0 Å². The van der Waals surface area contributed by atoms with E-state index in [0.29, 0.717) is 17.9 Å². The Morgan fingerprint density at radius 3 is 2.88 bits per heavy atom. The first kappa shape index (κ1) is 10.7. The lowest BCUT2D eigenvalue weighted by molar-refractivity contribution is -0.140. The van der Waals surface area contributed by atoms with Gasteiger partial charge in [-0.15, -0.1) is 0 Å². The Balaban J connectivity index is 1.79. The van der Waals surface area contributed by atoms with Gasteiger partial charge in [-0.1, -0.05) is 5.16 Å². The topological polar surface area (TPSA) is 92.4 Å². The summed E-state index contributed by atoms with van der Waals surface area (Å²) in [6.07, 6.45) is 0.430. The van der Waals surface area contributed by atoms with Crippen LogP contribution in [0.2, 0.25) is 0 Å². The molecule has 1 fully saturated rings. The minimum atomic E-state index is -0.905. The van der Waals surface area contributed by atoms with Gasteiger partial charge in [0, 0.05) is 6.07 Å². The molecule has 0 radical (unpaired) electrons. The number of carboxylic acids is 1. The van der Waals surface area contributed by atoms with Gasteiger partial charge in [0.25, 0.3) is 0 Å². The van der Waals surface area contributed by atoms with E-state index in [0.717, 1.165) is 0 Å². The molecule has 1 aromatic heterocycles. The van der Waals surface area contributed by atoms with Gasteiger partial charge >= 0.3 is 5.97 Å². The van der Waals surface area contributed by atoms with Crippen LogP contribution in [0.5, 0.6) is 0 Å². The number of hydrogen-bond acceptors (Lipinski definition) is 4. The highest BCUT2D eigenvalue weighted by atomic mass is 16.5. The Bertz CT molecular complexity index is 426. The van der Waals surface area contributed by atoms with E-state index in [4.69, 9.17) is 9.63 Å². The zero-order valence-corrected chi connectivity index (χ0v) is 8.77. The van der Waals surface area contributed by atoms with Crippen LogP contribution in [0.3, 0.4) is 0 Å². The van der Waals surface area contributed by atoms with E-state index in [1.54, 1.807) is 13.0 Å². The van der Waals surface area contributed by atoms with Crippen LogP contribution in [0.1, 0.15) is 17.9 Å². The number of aryl methyl sites for hydroxylation is 1. The first-order chi connectivity index (χ1) is 7.58. The van der Waals surface area contributed by atoms with E-state index in [2.05, 4.69) is 10.5 Å². The van der Waals surface area contributed by atoms with Crippen molar-refractivity contribution in [2.24, 2.45) is 11.8 Å². The molecule has 0 saturated heterocycles. The Morgan fingerprint density at radius 1 is 1.62 bits per heavy atom. The van der Waals surface area contributed by atoms with Gasteiger partial charge in [0.05, 0.1) is 18.4 Å². The molecule has 6 nitrogen and oxygen atoms in total. The predicted octanol–water partition coefficient (Wildman–Crippen LogP) is 0.320. The second-order valence-corrected chi connectivity index (χ2v) is 3.93. The van der Waals surface area contributed by atoms with Crippen LogP contribution in [0.4, 0.5) is 0 Å². The summed E-state index contributed by atoms with van der Waals surface area (Å²) < 4.78 is 4.84. The number of amides is 1. The van der Waals surface area contributed by atoms with Gasteiger partial charge in [-0.2, -0.15) is 0 Å². The fourth-order valence-electron chi connectivity index (χ4n) is 1.57. The zero-order chi connectivity index (χ0) is 11.7. The lowest BCUT2D eigenvalue weighted by atomic mass is 10.3. The summed E-state index contributed by atoms with van der Waals surface area (Å²) in [4.78, 5) is 22.0. The highest BCUT2D eigenvalue weighted by Crippen LogP contribution is 2.38. The predicted molar refractivity (Wildman–Crippen MR) is 52.3 cm³/mol. The number of carboxylic acid groups (broad SMARTS) is 1. The summed E-state index contributed by atoms with van der Waals surface area (Å²) in [5, 5.41) is 15.0. The van der Waals surface area contributed by atoms with Crippen LogP contribution in [-0.4, -0.2) is 22.1 Å². The van der Waals surface area contributed by atoms with Gasteiger partial charge in [0.1, 0.15) is 11.5 Å². The fraction of sp³-hybridized carbons (Fsp3) is 0.500. The highest BCUT2D eigenvalue weighted by molar-refractivity contribution is 5.89. The van der Waals surface area contributed by atoms with Gasteiger partial charge in [0.2, 0.25) is 5.91 Å². The highest BCUT2D eigenvalue weighted by Gasteiger charge is 2.48. The number of aliphatic carboxylic acids is 1. The van der Waals surface area contributed by atoms with E-state index in [-0.39, 0.29) is 18.4 Å². The molecule has 0 aliphatic heterocycles. The number of carbonyl (C=O) groups excluding carboxylic acids is 1. The monoisotopic (exact) mass is 224 g/mol. The Kier molecular flexibility index (Phi) is 2.64. The Labute approximate surface area is 91.6 Å². The molecule has 1 aliphatic carbocycles. The molecule has 0 unspecified atom stereocenters. The van der Waals surface area contributed by atoms with Crippen molar-refractivity contribution >= 4 is 11.9 Å². The quantitative estimate of drug-likeness (QED) is 0.768. The first-order valence-corrected chi connectivity index (χ1v) is 5.00. The van der Waals surface area contributed by atoms with Crippen molar-refractivity contribution < 1.29 is 19.2 Å². The summed E-state index contributed by atoms with van der Waals surface area (Å²) in [6.45, 7) is 2.04. The third-order valence-corrected chi connectivity index (χ3v) is 2.56. The van der Waals surface area contributed by atoms with Crippen LogP contribution >= 0.6 is 0 Å². The average Bonchev–Trinajstić information content (AvgIpc) is 2.93. The first-order valence-electron chi connectivity index (χ1n) is 5.00. The minimum absolute atomic E-state index is 0.229. The van der Waals surface area contributed by atoms with Gasteiger partial charge in [0.15, 0.2) is 0 Å². The molecule has 2 rings (SSSR count). The lowest BCUT2D eigenvalue weighted by Crippen LogP contribution is -2.26. The number of rotatable bonds is 4. The maximum atomic E-state index is 11.5. The SMILES string of the molecule is Cc1cc(CNC(=O)[C@@H]2C[C@@H]2C(=O)O)no1. The molecule has 2 atom stereocenters. The van der Waals surface area contributed by atoms with E-state index in [1.807, 2.05) is 0 Å². The third-order valence-electron chi connectivity index (χ3n) is 2.56. The summed E-state index contributed by atoms with van der Waals surface area (Å²) >= 11 is 0. The largest absolute Gasteiger partial charge is 0.481 e. The molecule has 6 heteroatoms. The van der Waals surface area contributed by atoms with Crippen LogP contribution in [0.15, 0.2) is 10.6 Å². The normalized spacial score (nSPS) is 22.8. The Hall–Kier alpha value is -1.85. The standard InChI is InChI=1S/C10H12N2O4/c1-5-2-6(12-16-5)4-11-9(13)7-3-8(7)10(14)15/h2,7-8H,3-4H2,1H3,(H,11,13)(H,14,15)/t7-,8+/m1/s1. The van der Waals surface area contributed by atoms with Crippen molar-refractivity contribution in [3.8, 4) is 0 Å². The van der Waals surface area contributed by atoms with Crippen molar-refractivity contribution in [2.75, 3.05) is 0 Å². The molecule has 1 aliphatic rings. The molecule has 0 aromatic carbocycles. The number of nitrogens with one attached hydrogen (secondary N) is 1.